The van der Waals surface area contributed by atoms with E-state index in [2.05, 4.69) is 21.2 Å². The molecule has 0 radical (unpaired) electrons. The number of sulfone groups is 1. The van der Waals surface area contributed by atoms with E-state index in [1.54, 1.807) is 6.92 Å². The van der Waals surface area contributed by atoms with Gasteiger partial charge in [0.1, 0.15) is 11.6 Å². The van der Waals surface area contributed by atoms with E-state index < -0.39 is 27.4 Å². The predicted octanol–water partition coefficient (Wildman–Crippen LogP) is 3.70. The lowest BCUT2D eigenvalue weighted by molar-refractivity contribution is -0.115. The van der Waals surface area contributed by atoms with Crippen molar-refractivity contribution in [1.29, 1.82) is 0 Å². The molecule has 0 heterocycles. The van der Waals surface area contributed by atoms with Gasteiger partial charge in [-0.1, -0.05) is 19.1 Å². The number of halogens is 3. The highest BCUT2D eigenvalue weighted by molar-refractivity contribution is 9.10. The van der Waals surface area contributed by atoms with Gasteiger partial charge in [-0.2, -0.15) is 0 Å². The molecule has 24 heavy (non-hydrogen) atoms. The molecule has 4 nitrogen and oxygen atoms in total. The Labute approximate surface area is 146 Å². The smallest absolute Gasteiger partial charge is 0.228 e. The van der Waals surface area contributed by atoms with Gasteiger partial charge in [0, 0.05) is 5.69 Å². The Bertz CT molecular complexity index is 844. The van der Waals surface area contributed by atoms with E-state index in [-0.39, 0.29) is 27.2 Å². The van der Waals surface area contributed by atoms with E-state index in [4.69, 9.17) is 0 Å². The molecular weight excluding hydrogens is 404 g/mol. The highest BCUT2D eigenvalue weighted by Crippen LogP contribution is 2.23. The van der Waals surface area contributed by atoms with Crippen molar-refractivity contribution in [3.63, 3.8) is 0 Å². The molecule has 2 rings (SSSR count). The number of carbonyl (C=O) groups excluding carboxylic acids is 1. The van der Waals surface area contributed by atoms with Crippen LogP contribution in [0.2, 0.25) is 0 Å². The average molecular weight is 418 g/mol. The maximum Gasteiger partial charge on any atom is 0.228 e. The summed E-state index contributed by atoms with van der Waals surface area (Å²) in [6.07, 6.45) is -0.0498. The van der Waals surface area contributed by atoms with E-state index in [0.29, 0.717) is 5.56 Å². The normalized spacial score (nSPS) is 11.3. The lowest BCUT2D eigenvalue weighted by atomic mass is 10.1. The summed E-state index contributed by atoms with van der Waals surface area (Å²) in [5.74, 6) is -2.12. The van der Waals surface area contributed by atoms with Gasteiger partial charge in [0.15, 0.2) is 9.84 Å². The number of benzene rings is 2. The quantitative estimate of drug-likeness (QED) is 0.754. The molecule has 0 saturated heterocycles. The van der Waals surface area contributed by atoms with Crippen LogP contribution in [0.5, 0.6) is 0 Å². The highest BCUT2D eigenvalue weighted by Gasteiger charge is 2.13. The summed E-state index contributed by atoms with van der Waals surface area (Å²) in [7, 11) is -3.29. The molecule has 0 aliphatic rings. The van der Waals surface area contributed by atoms with Crippen molar-refractivity contribution in [3.8, 4) is 0 Å². The van der Waals surface area contributed by atoms with Crippen molar-refractivity contribution in [2.75, 3.05) is 11.1 Å². The summed E-state index contributed by atoms with van der Waals surface area (Å²) in [6.45, 7) is 1.55. The molecule has 128 valence electrons. The fourth-order valence-corrected chi connectivity index (χ4v) is 3.11. The largest absolute Gasteiger partial charge is 0.326 e. The van der Waals surface area contributed by atoms with Gasteiger partial charge < -0.3 is 5.32 Å². The van der Waals surface area contributed by atoms with Crippen LogP contribution in [0.1, 0.15) is 12.5 Å². The van der Waals surface area contributed by atoms with Gasteiger partial charge in [0.2, 0.25) is 5.91 Å². The van der Waals surface area contributed by atoms with Crippen molar-refractivity contribution in [3.05, 3.63) is 58.1 Å². The van der Waals surface area contributed by atoms with Crippen molar-refractivity contribution in [2.45, 2.75) is 18.2 Å². The van der Waals surface area contributed by atoms with Gasteiger partial charge in [0.25, 0.3) is 0 Å². The first-order valence-corrected chi connectivity index (χ1v) is 9.43. The summed E-state index contributed by atoms with van der Waals surface area (Å²) < 4.78 is 50.0. The SMILES string of the molecule is CCS(=O)(=O)c1ccc(CC(=O)Nc2cc(F)c(Br)c(F)c2)cc1. The first-order valence-electron chi connectivity index (χ1n) is 6.99. The second-order valence-electron chi connectivity index (χ2n) is 5.03. The van der Waals surface area contributed by atoms with Crippen LogP contribution in [-0.4, -0.2) is 20.1 Å². The minimum absolute atomic E-state index is 0.00313. The number of hydrogen-bond donors (Lipinski definition) is 1. The Kier molecular flexibility index (Phi) is 5.71. The van der Waals surface area contributed by atoms with E-state index >= 15 is 0 Å². The molecule has 1 N–H and O–H groups in total. The standard InChI is InChI=1S/C16H14BrF2NO3S/c1-2-24(22,23)12-5-3-10(4-6-12)7-15(21)20-11-8-13(18)16(17)14(19)9-11/h3-6,8-9H,2,7H2,1H3,(H,20,21). The fourth-order valence-electron chi connectivity index (χ4n) is 2.00. The van der Waals surface area contributed by atoms with Crippen molar-refractivity contribution in [1.82, 2.24) is 0 Å². The van der Waals surface area contributed by atoms with E-state index in [1.165, 1.54) is 24.3 Å². The Balaban J connectivity index is 2.08. The van der Waals surface area contributed by atoms with Crippen LogP contribution >= 0.6 is 15.9 Å². The van der Waals surface area contributed by atoms with Gasteiger partial charge in [0.05, 0.1) is 21.5 Å². The highest BCUT2D eigenvalue weighted by atomic mass is 79.9. The second-order valence-corrected chi connectivity index (χ2v) is 8.10. The summed E-state index contributed by atoms with van der Waals surface area (Å²) >= 11 is 2.75. The van der Waals surface area contributed by atoms with Gasteiger partial charge in [-0.15, -0.1) is 0 Å². The number of nitrogens with one attached hydrogen (secondary N) is 1. The summed E-state index contributed by atoms with van der Waals surface area (Å²) in [6, 6.07) is 7.93. The molecule has 2 aromatic carbocycles. The van der Waals surface area contributed by atoms with Crippen LogP contribution in [0.4, 0.5) is 14.5 Å². The molecule has 0 atom stereocenters. The van der Waals surface area contributed by atoms with Crippen molar-refractivity contribution >= 4 is 37.4 Å². The zero-order valence-corrected chi connectivity index (χ0v) is 15.0. The second kappa shape index (κ2) is 7.40. The summed E-state index contributed by atoms with van der Waals surface area (Å²) in [5, 5.41) is 2.40. The molecule has 0 bridgehead atoms. The maximum atomic E-state index is 13.4. The molecule has 1 amide bonds. The van der Waals surface area contributed by atoms with Crippen LogP contribution in [0.25, 0.3) is 0 Å². The number of carbonyl (C=O) groups is 1. The maximum absolute atomic E-state index is 13.4. The zero-order chi connectivity index (χ0) is 17.9. The summed E-state index contributed by atoms with van der Waals surface area (Å²) in [5.41, 5.74) is 0.587. The van der Waals surface area contributed by atoms with Crippen molar-refractivity contribution < 1.29 is 22.0 Å². The Hall–Kier alpha value is -1.80. The van der Waals surface area contributed by atoms with Crippen molar-refractivity contribution in [2.24, 2.45) is 0 Å². The van der Waals surface area contributed by atoms with Gasteiger partial charge in [-0.05, 0) is 45.8 Å². The van der Waals surface area contributed by atoms with Crippen LogP contribution in [0, 0.1) is 11.6 Å². The Morgan fingerprint density at radius 3 is 2.17 bits per heavy atom. The molecule has 0 saturated carbocycles. The van der Waals surface area contributed by atoms with Crippen LogP contribution in [-0.2, 0) is 21.1 Å². The third-order valence-corrected chi connectivity index (χ3v) is 5.80. The van der Waals surface area contributed by atoms with Gasteiger partial charge in [-0.3, -0.25) is 4.79 Å². The van der Waals surface area contributed by atoms with Crippen LogP contribution < -0.4 is 5.32 Å². The molecule has 8 heteroatoms. The van der Waals surface area contributed by atoms with E-state index in [1.807, 2.05) is 0 Å². The molecule has 0 aliphatic heterocycles. The fraction of sp³-hybridized carbons (Fsp3) is 0.188. The van der Waals surface area contributed by atoms with Crippen LogP contribution in [0.15, 0.2) is 45.8 Å². The molecule has 0 spiro atoms. The van der Waals surface area contributed by atoms with E-state index in [9.17, 15) is 22.0 Å². The van der Waals surface area contributed by atoms with Gasteiger partial charge >= 0.3 is 0 Å². The number of amides is 1. The minimum atomic E-state index is -3.29. The monoisotopic (exact) mass is 417 g/mol. The molecule has 0 unspecified atom stereocenters. The summed E-state index contributed by atoms with van der Waals surface area (Å²) in [4.78, 5) is 12.1. The predicted molar refractivity (Wildman–Crippen MR) is 90.6 cm³/mol. The Morgan fingerprint density at radius 1 is 1.12 bits per heavy atom. The number of anilines is 1. The number of rotatable bonds is 5. The minimum Gasteiger partial charge on any atom is -0.326 e. The van der Waals surface area contributed by atoms with Gasteiger partial charge in [-0.25, -0.2) is 17.2 Å². The molecule has 2 aromatic rings. The average Bonchev–Trinajstić information content (AvgIpc) is 2.53. The first kappa shape index (κ1) is 18.5. The van der Waals surface area contributed by atoms with E-state index in [0.717, 1.165) is 12.1 Å². The lowest BCUT2D eigenvalue weighted by Gasteiger charge is -2.08. The molecule has 0 aromatic heterocycles. The van der Waals surface area contributed by atoms with Crippen LogP contribution in [0.3, 0.4) is 0 Å². The number of hydrogen-bond acceptors (Lipinski definition) is 3. The zero-order valence-electron chi connectivity index (χ0n) is 12.6. The third kappa shape index (κ3) is 4.39. The lowest BCUT2D eigenvalue weighted by Crippen LogP contribution is -2.15. The topological polar surface area (TPSA) is 63.2 Å². The third-order valence-electron chi connectivity index (χ3n) is 3.29. The molecular formula is C16H14BrF2NO3S. The molecule has 0 aliphatic carbocycles. The first-order chi connectivity index (χ1) is 11.2. The molecule has 0 fully saturated rings. The Morgan fingerprint density at radius 2 is 1.67 bits per heavy atom.